The second-order valence-corrected chi connectivity index (χ2v) is 10.6. The highest BCUT2D eigenvalue weighted by atomic mass is 32.2. The van der Waals surface area contributed by atoms with Crippen LogP contribution in [0.25, 0.3) is 21.5 Å². The van der Waals surface area contributed by atoms with Crippen LogP contribution in [0, 0.1) is 6.92 Å². The number of aryl methyl sites for hydroxylation is 3. The summed E-state index contributed by atoms with van der Waals surface area (Å²) in [4.78, 5) is 17.5. The highest BCUT2D eigenvalue weighted by Crippen LogP contribution is 2.36. The van der Waals surface area contributed by atoms with E-state index in [0.29, 0.717) is 29.0 Å². The molecule has 0 saturated carbocycles. The Kier molecular flexibility index (Phi) is 7.23. The zero-order chi connectivity index (χ0) is 25.3. The molecule has 4 rings (SSSR count). The number of hydrogen-bond acceptors (Lipinski definition) is 6. The van der Waals surface area contributed by atoms with Crippen LogP contribution < -0.4 is 0 Å². The fourth-order valence-electron chi connectivity index (χ4n) is 3.75. The summed E-state index contributed by atoms with van der Waals surface area (Å²) in [6.45, 7) is 6.01. The highest BCUT2D eigenvalue weighted by molar-refractivity contribution is 8.00. The molecule has 0 fully saturated rings. The number of carboxylic acids is 1. The average molecular weight is 521 g/mol. The van der Waals surface area contributed by atoms with Crippen LogP contribution in [-0.4, -0.2) is 27.0 Å². The van der Waals surface area contributed by atoms with Crippen LogP contribution in [0.15, 0.2) is 45.8 Å². The summed E-state index contributed by atoms with van der Waals surface area (Å²) in [6.07, 6.45) is -3.09. The summed E-state index contributed by atoms with van der Waals surface area (Å²) >= 11 is 2.73. The smallest absolute Gasteiger partial charge is 0.416 e. The molecule has 5 nitrogen and oxygen atoms in total. The van der Waals surface area contributed by atoms with Crippen molar-refractivity contribution in [3.8, 4) is 10.6 Å². The third-order valence-electron chi connectivity index (χ3n) is 5.52. The van der Waals surface area contributed by atoms with E-state index >= 15 is 0 Å². The number of aromatic nitrogens is 2. The number of rotatable bonds is 8. The number of halogens is 3. The SMILES string of the molecule is Cc1cc2c(CCc3sc(-c4ccc(C(F)(F)F)cc4)nc3C(C)C)noc2cc1SCC(=O)O. The van der Waals surface area contributed by atoms with E-state index in [-0.39, 0.29) is 11.7 Å². The maximum Gasteiger partial charge on any atom is 0.416 e. The zero-order valence-electron chi connectivity index (χ0n) is 19.3. The molecule has 4 aromatic rings. The Balaban J connectivity index is 1.56. The molecule has 1 N–H and O–H groups in total. The van der Waals surface area contributed by atoms with E-state index < -0.39 is 17.7 Å². The Morgan fingerprint density at radius 3 is 2.51 bits per heavy atom. The summed E-state index contributed by atoms with van der Waals surface area (Å²) in [5.74, 6) is -0.749. The van der Waals surface area contributed by atoms with Crippen molar-refractivity contribution in [3.63, 3.8) is 0 Å². The molecule has 0 spiro atoms. The van der Waals surface area contributed by atoms with Crippen molar-refractivity contribution in [2.75, 3.05) is 5.75 Å². The summed E-state index contributed by atoms with van der Waals surface area (Å²) < 4.78 is 44.2. The molecule has 35 heavy (non-hydrogen) atoms. The molecule has 0 atom stereocenters. The van der Waals surface area contributed by atoms with Gasteiger partial charge in [0.25, 0.3) is 0 Å². The molecular formula is C25H23F3N2O3S2. The van der Waals surface area contributed by atoms with Crippen LogP contribution in [0.3, 0.4) is 0 Å². The Hall–Kier alpha value is -2.85. The lowest BCUT2D eigenvalue weighted by atomic mass is 10.0. The second kappa shape index (κ2) is 10.0. The van der Waals surface area contributed by atoms with E-state index in [1.54, 1.807) is 0 Å². The lowest BCUT2D eigenvalue weighted by Gasteiger charge is -2.06. The van der Waals surface area contributed by atoms with Crippen LogP contribution in [0.5, 0.6) is 0 Å². The minimum atomic E-state index is -4.37. The monoisotopic (exact) mass is 520 g/mol. The molecule has 0 aliphatic heterocycles. The number of hydrogen-bond donors (Lipinski definition) is 1. The van der Waals surface area contributed by atoms with E-state index in [9.17, 15) is 18.0 Å². The predicted molar refractivity (Wildman–Crippen MR) is 131 cm³/mol. The summed E-state index contributed by atoms with van der Waals surface area (Å²) in [7, 11) is 0. The third kappa shape index (κ3) is 5.70. The first-order chi connectivity index (χ1) is 16.5. The molecule has 0 aliphatic carbocycles. The number of thioether (sulfide) groups is 1. The number of carbonyl (C=O) groups is 1. The van der Waals surface area contributed by atoms with Gasteiger partial charge >= 0.3 is 12.1 Å². The lowest BCUT2D eigenvalue weighted by molar-refractivity contribution is -0.137. The molecule has 0 aliphatic rings. The molecule has 2 aromatic carbocycles. The van der Waals surface area contributed by atoms with Crippen molar-refractivity contribution in [3.05, 3.63) is 63.8 Å². The second-order valence-electron chi connectivity index (χ2n) is 8.48. The van der Waals surface area contributed by atoms with Gasteiger partial charge in [0.1, 0.15) is 5.01 Å². The van der Waals surface area contributed by atoms with Crippen LogP contribution in [0.4, 0.5) is 13.2 Å². The van der Waals surface area contributed by atoms with Crippen molar-refractivity contribution >= 4 is 40.0 Å². The van der Waals surface area contributed by atoms with Crippen molar-refractivity contribution in [2.24, 2.45) is 0 Å². The minimum absolute atomic E-state index is 0.0298. The van der Waals surface area contributed by atoms with Crippen molar-refractivity contribution in [1.82, 2.24) is 10.1 Å². The number of aliphatic carboxylic acids is 1. The number of thiazole rings is 1. The minimum Gasteiger partial charge on any atom is -0.481 e. The first kappa shape index (κ1) is 25.2. The largest absolute Gasteiger partial charge is 0.481 e. The van der Waals surface area contributed by atoms with Gasteiger partial charge in [0.15, 0.2) is 5.58 Å². The molecule has 2 aromatic heterocycles. The van der Waals surface area contributed by atoms with Crippen LogP contribution in [0.1, 0.15) is 47.2 Å². The van der Waals surface area contributed by atoms with Gasteiger partial charge in [0.05, 0.1) is 22.7 Å². The van der Waals surface area contributed by atoms with E-state index in [1.165, 1.54) is 35.2 Å². The number of fused-ring (bicyclic) bond motifs is 1. The first-order valence-corrected chi connectivity index (χ1v) is 12.7. The lowest BCUT2D eigenvalue weighted by Crippen LogP contribution is -2.03. The highest BCUT2D eigenvalue weighted by Gasteiger charge is 2.30. The zero-order valence-corrected chi connectivity index (χ0v) is 20.9. The summed E-state index contributed by atoms with van der Waals surface area (Å²) in [5, 5.41) is 14.8. The summed E-state index contributed by atoms with van der Waals surface area (Å²) in [5.41, 5.74) is 3.28. The van der Waals surface area contributed by atoms with Gasteiger partial charge in [-0.25, -0.2) is 4.98 Å². The van der Waals surface area contributed by atoms with Gasteiger partial charge in [0.2, 0.25) is 0 Å². The molecular weight excluding hydrogens is 497 g/mol. The number of benzene rings is 2. The van der Waals surface area contributed by atoms with Gasteiger partial charge in [0, 0.05) is 20.7 Å². The number of carboxylic acid groups (broad SMARTS) is 1. The van der Waals surface area contributed by atoms with E-state index in [1.807, 2.05) is 32.9 Å². The van der Waals surface area contributed by atoms with Crippen LogP contribution in [0.2, 0.25) is 0 Å². The molecule has 0 radical (unpaired) electrons. The molecule has 0 unspecified atom stereocenters. The quantitative estimate of drug-likeness (QED) is 0.245. The average Bonchev–Trinajstić information content (AvgIpc) is 3.39. The Morgan fingerprint density at radius 2 is 1.89 bits per heavy atom. The third-order valence-corrected chi connectivity index (χ3v) is 7.84. The Morgan fingerprint density at radius 1 is 1.17 bits per heavy atom. The van der Waals surface area contributed by atoms with Gasteiger partial charge < -0.3 is 9.63 Å². The first-order valence-electron chi connectivity index (χ1n) is 10.9. The molecule has 0 bridgehead atoms. The molecule has 2 heterocycles. The topological polar surface area (TPSA) is 76.2 Å². The van der Waals surface area contributed by atoms with Gasteiger partial charge in [-0.2, -0.15) is 13.2 Å². The Bertz CT molecular complexity index is 1360. The summed E-state index contributed by atoms with van der Waals surface area (Å²) in [6, 6.07) is 8.88. The van der Waals surface area contributed by atoms with Crippen molar-refractivity contribution in [2.45, 2.75) is 50.6 Å². The number of alkyl halides is 3. The predicted octanol–water partition coefficient (Wildman–Crippen LogP) is 7.36. The Labute approximate surface area is 208 Å². The van der Waals surface area contributed by atoms with E-state index in [4.69, 9.17) is 14.6 Å². The van der Waals surface area contributed by atoms with Crippen LogP contribution >= 0.6 is 23.1 Å². The van der Waals surface area contributed by atoms with Gasteiger partial charge in [-0.15, -0.1) is 23.1 Å². The van der Waals surface area contributed by atoms with Gasteiger partial charge in [-0.1, -0.05) is 31.1 Å². The number of nitrogens with zero attached hydrogens (tertiary/aromatic N) is 2. The van der Waals surface area contributed by atoms with Gasteiger partial charge in [-0.05, 0) is 55.5 Å². The van der Waals surface area contributed by atoms with Gasteiger partial charge in [-0.3, -0.25) is 4.79 Å². The fraction of sp³-hybridized carbons (Fsp3) is 0.320. The van der Waals surface area contributed by atoms with Crippen LogP contribution in [-0.2, 0) is 23.8 Å². The molecule has 10 heteroatoms. The van der Waals surface area contributed by atoms with E-state index in [2.05, 4.69) is 5.16 Å². The standard InChI is InChI=1S/C25H23F3N2O3S2/c1-13(2)23-20(35-24(29-23)15-4-6-16(7-5-15)25(26,27)28)9-8-18-17-10-14(3)21(34-12-22(31)32)11-19(17)33-30-18/h4-7,10-11,13H,8-9,12H2,1-3H3,(H,31,32). The fourth-order valence-corrected chi connectivity index (χ4v) is 5.73. The van der Waals surface area contributed by atoms with E-state index in [0.717, 1.165) is 44.2 Å². The molecule has 184 valence electrons. The molecule has 0 amide bonds. The van der Waals surface area contributed by atoms with Crippen molar-refractivity contribution in [1.29, 1.82) is 0 Å². The maximum atomic E-state index is 12.9. The maximum absolute atomic E-state index is 12.9. The normalized spacial score (nSPS) is 12.1. The molecule has 0 saturated heterocycles. The van der Waals surface area contributed by atoms with Crippen molar-refractivity contribution < 1.29 is 27.6 Å².